The van der Waals surface area contributed by atoms with E-state index in [4.69, 9.17) is 4.52 Å². The van der Waals surface area contributed by atoms with Gasteiger partial charge in [0.15, 0.2) is 0 Å². The van der Waals surface area contributed by atoms with Crippen LogP contribution in [0.25, 0.3) is 11.3 Å². The third kappa shape index (κ3) is 3.41. The van der Waals surface area contributed by atoms with Crippen molar-refractivity contribution in [3.8, 4) is 11.3 Å². The van der Waals surface area contributed by atoms with E-state index in [2.05, 4.69) is 5.16 Å². The number of aryl methyl sites for hydroxylation is 1. The Hall–Kier alpha value is -3.41. The summed E-state index contributed by atoms with van der Waals surface area (Å²) >= 11 is 0. The topological polar surface area (TPSA) is 66.7 Å². The summed E-state index contributed by atoms with van der Waals surface area (Å²) in [6.07, 6.45) is 0. The molecule has 6 nitrogen and oxygen atoms in total. The minimum atomic E-state index is -0.320. The van der Waals surface area contributed by atoms with Crippen molar-refractivity contribution in [3.05, 3.63) is 72.0 Å². The quantitative estimate of drug-likeness (QED) is 0.702. The highest BCUT2D eigenvalue weighted by atomic mass is 16.5. The van der Waals surface area contributed by atoms with Crippen LogP contribution in [0.2, 0.25) is 0 Å². The Labute approximate surface area is 163 Å². The minimum absolute atomic E-state index is 0.00917. The maximum atomic E-state index is 12.9. The zero-order valence-electron chi connectivity index (χ0n) is 15.8. The summed E-state index contributed by atoms with van der Waals surface area (Å²) in [5.41, 5.74) is 3.46. The first-order valence-corrected chi connectivity index (χ1v) is 9.23. The summed E-state index contributed by atoms with van der Waals surface area (Å²) < 4.78 is 5.28. The van der Waals surface area contributed by atoms with Crippen molar-refractivity contribution in [2.24, 2.45) is 0 Å². The molecule has 3 aromatic rings. The molecule has 6 heteroatoms. The summed E-state index contributed by atoms with van der Waals surface area (Å²) in [6.45, 7) is 4.38. The normalized spacial score (nSPS) is 17.1. The molecule has 28 heavy (non-hydrogen) atoms. The Morgan fingerprint density at radius 1 is 1.11 bits per heavy atom. The van der Waals surface area contributed by atoms with Gasteiger partial charge in [-0.15, -0.1) is 0 Å². The van der Waals surface area contributed by atoms with Crippen LogP contribution in [0.15, 0.2) is 65.2 Å². The van der Waals surface area contributed by atoms with Crippen molar-refractivity contribution in [3.63, 3.8) is 0 Å². The average molecular weight is 375 g/mol. The Balaban J connectivity index is 1.51. The van der Waals surface area contributed by atoms with Gasteiger partial charge in [-0.2, -0.15) is 0 Å². The maximum Gasteiger partial charge on any atom is 0.293 e. The maximum absolute atomic E-state index is 12.9. The molecule has 0 aliphatic carbocycles. The first-order valence-electron chi connectivity index (χ1n) is 9.23. The van der Waals surface area contributed by atoms with E-state index in [1.54, 1.807) is 15.9 Å². The van der Waals surface area contributed by atoms with Crippen LogP contribution in [0, 0.1) is 6.92 Å². The van der Waals surface area contributed by atoms with Gasteiger partial charge in [0.2, 0.25) is 11.7 Å². The minimum Gasteiger partial charge on any atom is -0.350 e. The van der Waals surface area contributed by atoms with Gasteiger partial charge in [-0.05, 0) is 26.0 Å². The first kappa shape index (κ1) is 18.0. The standard InChI is InChI=1S/C22H21N3O3/c1-15-8-10-18(11-9-15)25-13-16(2)24(14-21(25)26)22(27)20-12-19(23-28-20)17-6-4-3-5-7-17/h3-12,16H,13-14H2,1-2H3. The van der Waals surface area contributed by atoms with Crippen LogP contribution in [0.1, 0.15) is 23.0 Å². The summed E-state index contributed by atoms with van der Waals surface area (Å²) in [5.74, 6) is -0.292. The van der Waals surface area contributed by atoms with Crippen LogP contribution in [0.3, 0.4) is 0 Å². The van der Waals surface area contributed by atoms with Crippen LogP contribution in [-0.2, 0) is 4.79 Å². The molecule has 1 aliphatic rings. The Morgan fingerprint density at radius 2 is 1.82 bits per heavy atom. The molecule has 1 fully saturated rings. The number of hydrogen-bond acceptors (Lipinski definition) is 4. The molecule has 1 saturated heterocycles. The predicted molar refractivity (Wildman–Crippen MR) is 106 cm³/mol. The fraction of sp³-hybridized carbons (Fsp3) is 0.227. The Morgan fingerprint density at radius 3 is 2.54 bits per heavy atom. The van der Waals surface area contributed by atoms with Gasteiger partial charge in [0.1, 0.15) is 12.2 Å². The van der Waals surface area contributed by atoms with Crippen LogP contribution in [0.5, 0.6) is 0 Å². The van der Waals surface area contributed by atoms with Crippen LogP contribution in [0.4, 0.5) is 5.69 Å². The summed E-state index contributed by atoms with van der Waals surface area (Å²) in [5, 5.41) is 4.00. The molecule has 2 aromatic carbocycles. The van der Waals surface area contributed by atoms with Gasteiger partial charge in [0.25, 0.3) is 5.91 Å². The highest BCUT2D eigenvalue weighted by Gasteiger charge is 2.35. The zero-order chi connectivity index (χ0) is 19.7. The number of piperazine rings is 1. The summed E-state index contributed by atoms with van der Waals surface area (Å²) in [6, 6.07) is 18.8. The molecular formula is C22H21N3O3. The number of benzene rings is 2. The van der Waals surface area contributed by atoms with Gasteiger partial charge in [-0.25, -0.2) is 0 Å². The molecule has 4 rings (SSSR count). The molecule has 2 amide bonds. The highest BCUT2D eigenvalue weighted by molar-refractivity contribution is 6.01. The number of aromatic nitrogens is 1. The fourth-order valence-corrected chi connectivity index (χ4v) is 3.36. The smallest absolute Gasteiger partial charge is 0.293 e. The summed E-state index contributed by atoms with van der Waals surface area (Å²) in [7, 11) is 0. The predicted octanol–water partition coefficient (Wildman–Crippen LogP) is 3.53. The molecule has 2 heterocycles. The van der Waals surface area contributed by atoms with Crippen LogP contribution >= 0.6 is 0 Å². The third-order valence-corrected chi connectivity index (χ3v) is 4.98. The van der Waals surface area contributed by atoms with Gasteiger partial charge in [0, 0.05) is 29.9 Å². The monoisotopic (exact) mass is 375 g/mol. The van der Waals surface area contributed by atoms with Crippen molar-refractivity contribution in [1.29, 1.82) is 0 Å². The lowest BCUT2D eigenvalue weighted by atomic mass is 10.1. The molecule has 0 radical (unpaired) electrons. The van der Waals surface area contributed by atoms with Crippen molar-refractivity contribution >= 4 is 17.5 Å². The highest BCUT2D eigenvalue weighted by Crippen LogP contribution is 2.24. The lowest BCUT2D eigenvalue weighted by Crippen LogP contribution is -2.57. The molecule has 1 aromatic heterocycles. The van der Waals surface area contributed by atoms with E-state index in [1.807, 2.05) is 68.4 Å². The molecule has 1 unspecified atom stereocenters. The SMILES string of the molecule is Cc1ccc(N2CC(C)N(C(=O)c3cc(-c4ccccc4)no3)CC2=O)cc1. The van der Waals surface area contributed by atoms with Crippen LogP contribution < -0.4 is 4.90 Å². The Bertz CT molecular complexity index is 995. The number of hydrogen-bond donors (Lipinski definition) is 0. The third-order valence-electron chi connectivity index (χ3n) is 4.98. The number of carbonyl (C=O) groups is 2. The Kier molecular flexibility index (Phi) is 4.69. The van der Waals surface area contributed by atoms with E-state index in [0.29, 0.717) is 12.2 Å². The van der Waals surface area contributed by atoms with E-state index >= 15 is 0 Å². The van der Waals surface area contributed by atoms with Gasteiger partial charge in [0.05, 0.1) is 0 Å². The number of amides is 2. The molecule has 0 bridgehead atoms. The van der Waals surface area contributed by atoms with Crippen LogP contribution in [-0.4, -0.2) is 41.0 Å². The van der Waals surface area contributed by atoms with Gasteiger partial charge in [-0.1, -0.05) is 53.2 Å². The van der Waals surface area contributed by atoms with Crippen molar-refractivity contribution in [2.45, 2.75) is 19.9 Å². The largest absolute Gasteiger partial charge is 0.350 e. The average Bonchev–Trinajstić information content (AvgIpc) is 3.21. The van der Waals surface area contributed by atoms with E-state index in [9.17, 15) is 9.59 Å². The van der Waals surface area contributed by atoms with E-state index in [1.165, 1.54) is 0 Å². The second kappa shape index (κ2) is 7.31. The lowest BCUT2D eigenvalue weighted by Gasteiger charge is -2.38. The molecule has 142 valence electrons. The van der Waals surface area contributed by atoms with Gasteiger partial charge < -0.3 is 14.3 Å². The molecule has 1 atom stereocenters. The summed E-state index contributed by atoms with van der Waals surface area (Å²) in [4.78, 5) is 28.9. The van der Waals surface area contributed by atoms with Crippen molar-refractivity contribution in [2.75, 3.05) is 18.0 Å². The van der Waals surface area contributed by atoms with Gasteiger partial charge >= 0.3 is 0 Å². The number of nitrogens with zero attached hydrogens (tertiary/aromatic N) is 3. The lowest BCUT2D eigenvalue weighted by molar-refractivity contribution is -0.121. The van der Waals surface area contributed by atoms with Crippen molar-refractivity contribution in [1.82, 2.24) is 10.1 Å². The van der Waals surface area contributed by atoms with E-state index in [0.717, 1.165) is 16.8 Å². The number of anilines is 1. The zero-order valence-corrected chi connectivity index (χ0v) is 15.8. The number of carbonyl (C=O) groups excluding carboxylic acids is 2. The first-order chi connectivity index (χ1) is 13.5. The second-order valence-corrected chi connectivity index (χ2v) is 7.06. The molecule has 0 N–H and O–H groups in total. The number of rotatable bonds is 3. The van der Waals surface area contributed by atoms with E-state index in [-0.39, 0.29) is 30.2 Å². The molecular weight excluding hydrogens is 354 g/mol. The molecule has 0 saturated carbocycles. The fourth-order valence-electron chi connectivity index (χ4n) is 3.36. The second-order valence-electron chi connectivity index (χ2n) is 7.06. The van der Waals surface area contributed by atoms with Gasteiger partial charge in [-0.3, -0.25) is 9.59 Å². The van der Waals surface area contributed by atoms with Crippen molar-refractivity contribution < 1.29 is 14.1 Å². The molecule has 1 aliphatic heterocycles. The van der Waals surface area contributed by atoms with E-state index < -0.39 is 0 Å². The molecule has 0 spiro atoms.